The average Bonchev–Trinajstić information content (AvgIpc) is 4.06. The molecule has 72 heavy (non-hydrogen) atoms. The molecule has 1 spiro atoms. The second kappa shape index (κ2) is 21.3. The standard InChI is InChI=1S/C52H73NO19/c1-27-33(67-46(61)41(39(29-16-10-8-11-17-29)53-47(62)72-48(3,4)5)68-37(58)25-65-32-21-15-14-20-31(32)64-24-36(56)57)23-51(63)44(69-45(60)30-18-12-9-13-19-30)42-50(70-28(2)54)26-66-35(50)22-34(55)52(42)43(71-52)40(59)38(27)49(51,6)7/h8-21,27-28,33-47,53-63H,22-26H2,1-7H3/t27?,28?,33-,34?,35?,37?,38?,39-,40?,41+,42+,43?,44-,45?,46?,47?,50-,51?,52?/m0/s1. The van der Waals surface area contributed by atoms with Gasteiger partial charge in [-0.05, 0) is 51.3 Å². The molecule has 3 aliphatic carbocycles. The summed E-state index contributed by atoms with van der Waals surface area (Å²) >= 11 is 0. The first kappa shape index (κ1) is 54.8. The Hall–Kier alpha value is -3.46. The van der Waals surface area contributed by atoms with Crippen molar-refractivity contribution in [2.45, 2.75) is 170 Å². The number of para-hydroxylation sites is 2. The van der Waals surface area contributed by atoms with Gasteiger partial charge < -0.3 is 93.7 Å². The van der Waals surface area contributed by atoms with Gasteiger partial charge in [-0.2, -0.15) is 0 Å². The SMILES string of the molecule is CC(O)O[C@@]12COC1CC(O)C13OC1C(O)C1C(C)[C@@H](OC(O)[C@H](OC(O)COc4ccccc4OCC(O)O)[C@@H](NC(O)OC(C)(C)C)c4ccccc4)CC(O)([C@@H](OC(O)c4ccccc4)[C@@H]32)C1(C)C. The van der Waals surface area contributed by atoms with Crippen molar-refractivity contribution in [1.82, 2.24) is 5.32 Å². The van der Waals surface area contributed by atoms with Gasteiger partial charge in [0.05, 0.1) is 60.3 Å². The predicted molar refractivity (Wildman–Crippen MR) is 252 cm³/mol. The van der Waals surface area contributed by atoms with E-state index in [1.54, 1.807) is 114 Å². The van der Waals surface area contributed by atoms with Crippen LogP contribution in [-0.4, -0.2) is 168 Å². The molecule has 3 saturated carbocycles. The van der Waals surface area contributed by atoms with Crippen molar-refractivity contribution in [2.24, 2.45) is 23.2 Å². The molecule has 5 fully saturated rings. The van der Waals surface area contributed by atoms with Crippen molar-refractivity contribution in [1.29, 1.82) is 0 Å². The minimum absolute atomic E-state index is 0.0128. The summed E-state index contributed by atoms with van der Waals surface area (Å²) in [6.07, 6.45) is -19.5. The van der Waals surface area contributed by atoms with Gasteiger partial charge in [-0.3, -0.25) is 5.32 Å². The minimum Gasteiger partial charge on any atom is -0.484 e. The molecular weight excluding hydrogens is 943 g/mol. The zero-order valence-corrected chi connectivity index (χ0v) is 41.6. The van der Waals surface area contributed by atoms with Crippen molar-refractivity contribution in [2.75, 3.05) is 19.8 Å². The first-order valence-electron chi connectivity index (χ1n) is 24.6. The highest BCUT2D eigenvalue weighted by atomic mass is 16.7. The molecule has 2 saturated heterocycles. The second-order valence-electron chi connectivity index (χ2n) is 21.4. The highest BCUT2D eigenvalue weighted by molar-refractivity contribution is 5.39. The van der Waals surface area contributed by atoms with E-state index in [4.69, 9.17) is 42.6 Å². The van der Waals surface area contributed by atoms with E-state index in [2.05, 4.69) is 5.32 Å². The first-order valence-corrected chi connectivity index (χ1v) is 24.6. The van der Waals surface area contributed by atoms with Gasteiger partial charge in [0.1, 0.15) is 36.6 Å². The van der Waals surface area contributed by atoms with Gasteiger partial charge in [-0.15, -0.1) is 0 Å². The van der Waals surface area contributed by atoms with Crippen LogP contribution in [0, 0.1) is 23.2 Å². The number of aliphatic hydroxyl groups excluding tert-OH is 8. The van der Waals surface area contributed by atoms with E-state index >= 15 is 0 Å². The Morgan fingerprint density at radius 2 is 1.40 bits per heavy atom. The molecule has 11 N–H and O–H groups in total. The molecule has 20 heteroatoms. The van der Waals surface area contributed by atoms with Crippen LogP contribution in [0.5, 0.6) is 11.5 Å². The topological polar surface area (TPSA) is 301 Å². The first-order chi connectivity index (χ1) is 33.9. The van der Waals surface area contributed by atoms with Gasteiger partial charge in [0, 0.05) is 29.7 Å². The fourth-order valence-corrected chi connectivity index (χ4v) is 12.1. The minimum atomic E-state index is -2.15. The summed E-state index contributed by atoms with van der Waals surface area (Å²) in [5.41, 5.74) is -6.60. The number of hydrogen-bond acceptors (Lipinski definition) is 20. The highest BCUT2D eigenvalue weighted by Crippen LogP contribution is 2.69. The largest absolute Gasteiger partial charge is 0.484 e. The third kappa shape index (κ3) is 10.6. The summed E-state index contributed by atoms with van der Waals surface area (Å²) in [6.45, 7) is 10.8. The van der Waals surface area contributed by atoms with Gasteiger partial charge in [0.25, 0.3) is 0 Å². The molecule has 3 aromatic rings. The number of aliphatic hydroxyl groups is 10. The fraction of sp³-hybridized carbons (Fsp3) is 0.654. The lowest BCUT2D eigenvalue weighted by atomic mass is 9.45. The Morgan fingerprint density at radius 1 is 0.806 bits per heavy atom. The lowest BCUT2D eigenvalue weighted by Crippen LogP contribution is -2.81. The molecule has 8 rings (SSSR count). The van der Waals surface area contributed by atoms with E-state index < -0.39 is 145 Å². The predicted octanol–water partition coefficient (Wildman–Crippen LogP) is 1.46. The Bertz CT molecular complexity index is 2240. The number of ether oxygens (including phenoxy) is 9. The number of hydrogen-bond donors (Lipinski definition) is 11. The van der Waals surface area contributed by atoms with Gasteiger partial charge >= 0.3 is 0 Å². The quantitative estimate of drug-likeness (QED) is 0.0532. The molecule has 0 radical (unpaired) electrons. The van der Waals surface area contributed by atoms with Crippen LogP contribution in [0.2, 0.25) is 0 Å². The smallest absolute Gasteiger partial charge is 0.214 e. The lowest BCUT2D eigenvalue weighted by Gasteiger charge is -2.67. The van der Waals surface area contributed by atoms with Crippen molar-refractivity contribution in [3.05, 3.63) is 96.1 Å². The number of benzene rings is 3. The second-order valence-corrected chi connectivity index (χ2v) is 21.4. The van der Waals surface area contributed by atoms with E-state index in [1.165, 1.54) is 19.1 Å². The zero-order chi connectivity index (χ0) is 52.1. The van der Waals surface area contributed by atoms with Crippen molar-refractivity contribution in [3.63, 3.8) is 0 Å². The van der Waals surface area contributed by atoms with Gasteiger partial charge in [-0.25, -0.2) is 0 Å². The Kier molecular flexibility index (Phi) is 16.2. The molecule has 5 aliphatic rings. The van der Waals surface area contributed by atoms with Crippen LogP contribution in [0.1, 0.15) is 84.8 Å². The fourth-order valence-electron chi connectivity index (χ4n) is 12.1. The summed E-state index contributed by atoms with van der Waals surface area (Å²) in [6, 6.07) is 22.2. The van der Waals surface area contributed by atoms with Gasteiger partial charge in [-0.1, -0.05) is 93.6 Å². The van der Waals surface area contributed by atoms with Crippen molar-refractivity contribution >= 4 is 0 Å². The Labute approximate surface area is 418 Å². The van der Waals surface area contributed by atoms with Crippen LogP contribution in [0.3, 0.4) is 0 Å². The third-order valence-electron chi connectivity index (χ3n) is 15.4. The van der Waals surface area contributed by atoms with Crippen LogP contribution in [0.15, 0.2) is 84.9 Å². The lowest BCUT2D eigenvalue weighted by molar-refractivity contribution is -0.392. The molecule has 400 valence electrons. The van der Waals surface area contributed by atoms with Crippen molar-refractivity contribution < 1.29 is 93.7 Å². The van der Waals surface area contributed by atoms with Gasteiger partial charge in [0.15, 0.2) is 42.9 Å². The zero-order valence-electron chi connectivity index (χ0n) is 41.6. The number of fused-ring (bicyclic) bond motifs is 4. The maximum absolute atomic E-state index is 13.9. The van der Waals surface area contributed by atoms with Crippen LogP contribution in [-0.2, 0) is 33.2 Å². The molecule has 0 aromatic heterocycles. The number of rotatable bonds is 21. The maximum Gasteiger partial charge on any atom is 0.214 e. The molecule has 2 bridgehead atoms. The number of epoxide rings is 1. The molecule has 20 nitrogen and oxygen atoms in total. The molecule has 3 aromatic carbocycles. The monoisotopic (exact) mass is 1020 g/mol. The van der Waals surface area contributed by atoms with E-state index in [0.29, 0.717) is 11.1 Å². The van der Waals surface area contributed by atoms with E-state index in [1.807, 2.05) is 0 Å². The van der Waals surface area contributed by atoms with Crippen molar-refractivity contribution in [3.8, 4) is 11.5 Å². The molecule has 2 aliphatic heterocycles. The van der Waals surface area contributed by atoms with Crippen LogP contribution in [0.4, 0.5) is 0 Å². The van der Waals surface area contributed by atoms with E-state index in [-0.39, 0.29) is 30.9 Å². The molecule has 13 unspecified atom stereocenters. The van der Waals surface area contributed by atoms with Gasteiger partial charge in [0.2, 0.25) is 6.41 Å². The number of nitrogens with one attached hydrogen (secondary N) is 1. The van der Waals surface area contributed by atoms with Crippen LogP contribution < -0.4 is 14.8 Å². The summed E-state index contributed by atoms with van der Waals surface area (Å²) < 4.78 is 55.8. The molecular formula is C52H73NO19. The Morgan fingerprint density at radius 3 is 1.97 bits per heavy atom. The molecule has 0 amide bonds. The summed E-state index contributed by atoms with van der Waals surface area (Å²) in [5.74, 6) is -2.59. The van der Waals surface area contributed by atoms with Crippen LogP contribution in [0.25, 0.3) is 0 Å². The van der Waals surface area contributed by atoms with Crippen LogP contribution >= 0.6 is 0 Å². The van der Waals surface area contributed by atoms with E-state index in [0.717, 1.165) is 0 Å². The summed E-state index contributed by atoms with van der Waals surface area (Å²) in [5, 5.41) is 119. The Balaban J connectivity index is 1.18. The average molecular weight is 1020 g/mol. The summed E-state index contributed by atoms with van der Waals surface area (Å²) in [4.78, 5) is 0. The molecule has 19 atom stereocenters. The molecule has 2 heterocycles. The normalized spacial score (nSPS) is 35.6. The van der Waals surface area contributed by atoms with E-state index in [9.17, 15) is 51.1 Å². The summed E-state index contributed by atoms with van der Waals surface area (Å²) in [7, 11) is 0. The third-order valence-corrected chi connectivity index (χ3v) is 15.4. The highest BCUT2D eigenvalue weighted by Gasteiger charge is 2.85. The maximum atomic E-state index is 13.9.